The number of nitrogens with zero attached hydrogens (tertiary/aromatic N) is 2. The predicted molar refractivity (Wildman–Crippen MR) is 85.9 cm³/mol. The quantitative estimate of drug-likeness (QED) is 0.751. The molecule has 23 heavy (non-hydrogen) atoms. The number of rotatable bonds is 5. The van der Waals surface area contributed by atoms with Crippen LogP contribution in [-0.2, 0) is 6.54 Å². The standard InChI is InChI=1S/C16H15N3O3S/c1-10(20)15-13(14(19-22-15)12-6-4-8-23-12)16(21)18-9-11-5-2-3-7-17-11/h2-8,10,20H,9H2,1H3,(H,18,21)/t10-/m0/s1. The molecule has 118 valence electrons. The van der Waals surface area contributed by atoms with E-state index in [1.165, 1.54) is 18.3 Å². The Bertz CT molecular complexity index is 782. The Hall–Kier alpha value is -2.51. The summed E-state index contributed by atoms with van der Waals surface area (Å²) in [6.45, 7) is 1.82. The molecule has 0 fully saturated rings. The third-order valence-corrected chi connectivity index (χ3v) is 4.11. The van der Waals surface area contributed by atoms with Crippen molar-refractivity contribution in [1.82, 2.24) is 15.5 Å². The molecule has 2 N–H and O–H groups in total. The minimum atomic E-state index is -0.924. The monoisotopic (exact) mass is 329 g/mol. The summed E-state index contributed by atoms with van der Waals surface area (Å²) in [6, 6.07) is 9.21. The molecule has 0 aliphatic heterocycles. The second-order valence-corrected chi connectivity index (χ2v) is 5.88. The van der Waals surface area contributed by atoms with Gasteiger partial charge in [-0.15, -0.1) is 11.3 Å². The Labute approximate surface area is 136 Å². The van der Waals surface area contributed by atoms with Crippen LogP contribution in [0.5, 0.6) is 0 Å². The highest BCUT2D eigenvalue weighted by Crippen LogP contribution is 2.31. The van der Waals surface area contributed by atoms with Crippen molar-refractivity contribution in [3.8, 4) is 10.6 Å². The van der Waals surface area contributed by atoms with E-state index < -0.39 is 6.10 Å². The van der Waals surface area contributed by atoms with Gasteiger partial charge < -0.3 is 14.9 Å². The number of aliphatic hydroxyl groups excluding tert-OH is 1. The first-order chi connectivity index (χ1) is 11.2. The van der Waals surface area contributed by atoms with Crippen molar-refractivity contribution in [2.24, 2.45) is 0 Å². The lowest BCUT2D eigenvalue weighted by molar-refractivity contribution is 0.0937. The van der Waals surface area contributed by atoms with Crippen molar-refractivity contribution < 1.29 is 14.4 Å². The number of aliphatic hydroxyl groups is 1. The predicted octanol–water partition coefficient (Wildman–Crippen LogP) is 2.78. The molecule has 0 aliphatic carbocycles. The first-order valence-electron chi connectivity index (χ1n) is 7.06. The van der Waals surface area contributed by atoms with E-state index in [4.69, 9.17) is 4.52 Å². The summed E-state index contributed by atoms with van der Waals surface area (Å²) in [5, 5.41) is 18.5. The van der Waals surface area contributed by atoms with Gasteiger partial charge in [0.05, 0.1) is 17.1 Å². The van der Waals surface area contributed by atoms with E-state index in [1.54, 1.807) is 6.20 Å². The van der Waals surface area contributed by atoms with Gasteiger partial charge in [0.15, 0.2) is 5.76 Å². The van der Waals surface area contributed by atoms with Crippen LogP contribution in [0.25, 0.3) is 10.6 Å². The molecular formula is C16H15N3O3S. The molecule has 7 heteroatoms. The Morgan fingerprint density at radius 2 is 2.26 bits per heavy atom. The molecule has 0 aromatic carbocycles. The van der Waals surface area contributed by atoms with E-state index >= 15 is 0 Å². The van der Waals surface area contributed by atoms with Crippen LogP contribution >= 0.6 is 11.3 Å². The molecule has 0 radical (unpaired) electrons. The van der Waals surface area contributed by atoms with Crippen LogP contribution in [0.2, 0.25) is 0 Å². The van der Waals surface area contributed by atoms with Gasteiger partial charge in [-0.3, -0.25) is 9.78 Å². The van der Waals surface area contributed by atoms with Gasteiger partial charge in [0.1, 0.15) is 17.4 Å². The number of carbonyl (C=O) groups is 1. The van der Waals surface area contributed by atoms with E-state index in [9.17, 15) is 9.90 Å². The SMILES string of the molecule is C[C@H](O)c1onc(-c2cccs2)c1C(=O)NCc1ccccn1. The topological polar surface area (TPSA) is 88.2 Å². The van der Waals surface area contributed by atoms with E-state index in [0.717, 1.165) is 10.6 Å². The van der Waals surface area contributed by atoms with Gasteiger partial charge in [0.25, 0.3) is 5.91 Å². The number of amides is 1. The van der Waals surface area contributed by atoms with Crippen molar-refractivity contribution in [1.29, 1.82) is 0 Å². The fourth-order valence-corrected chi connectivity index (χ4v) is 2.86. The number of hydrogen-bond acceptors (Lipinski definition) is 6. The van der Waals surface area contributed by atoms with Gasteiger partial charge in [0.2, 0.25) is 0 Å². The van der Waals surface area contributed by atoms with E-state index in [2.05, 4.69) is 15.5 Å². The second-order valence-electron chi connectivity index (χ2n) is 4.93. The van der Waals surface area contributed by atoms with E-state index in [1.807, 2.05) is 35.7 Å². The molecule has 0 unspecified atom stereocenters. The molecular weight excluding hydrogens is 314 g/mol. The fraction of sp³-hybridized carbons (Fsp3) is 0.188. The van der Waals surface area contributed by atoms with Gasteiger partial charge in [-0.2, -0.15) is 0 Å². The van der Waals surface area contributed by atoms with Gasteiger partial charge in [-0.05, 0) is 30.5 Å². The Morgan fingerprint density at radius 1 is 1.39 bits per heavy atom. The lowest BCUT2D eigenvalue weighted by Crippen LogP contribution is -2.24. The normalized spacial score (nSPS) is 12.1. The molecule has 1 amide bonds. The Balaban J connectivity index is 1.88. The first kappa shape index (κ1) is 15.4. The zero-order valence-electron chi connectivity index (χ0n) is 12.4. The van der Waals surface area contributed by atoms with Gasteiger partial charge in [-0.1, -0.05) is 17.3 Å². The van der Waals surface area contributed by atoms with Crippen molar-refractivity contribution >= 4 is 17.2 Å². The molecule has 3 rings (SSSR count). The van der Waals surface area contributed by atoms with Crippen molar-refractivity contribution in [3.63, 3.8) is 0 Å². The molecule has 0 bridgehead atoms. The van der Waals surface area contributed by atoms with Crippen molar-refractivity contribution in [3.05, 3.63) is 58.9 Å². The van der Waals surface area contributed by atoms with Gasteiger partial charge in [-0.25, -0.2) is 0 Å². The summed E-state index contributed by atoms with van der Waals surface area (Å²) in [4.78, 5) is 17.5. The van der Waals surface area contributed by atoms with Crippen molar-refractivity contribution in [2.45, 2.75) is 19.6 Å². The Morgan fingerprint density at radius 3 is 2.91 bits per heavy atom. The highest BCUT2D eigenvalue weighted by molar-refractivity contribution is 7.13. The minimum Gasteiger partial charge on any atom is -0.385 e. The van der Waals surface area contributed by atoms with Crippen LogP contribution < -0.4 is 5.32 Å². The van der Waals surface area contributed by atoms with E-state index in [0.29, 0.717) is 5.69 Å². The van der Waals surface area contributed by atoms with Crippen LogP contribution in [0.15, 0.2) is 46.4 Å². The molecule has 3 heterocycles. The molecule has 0 aliphatic rings. The number of hydrogen-bond donors (Lipinski definition) is 2. The van der Waals surface area contributed by atoms with Gasteiger partial charge >= 0.3 is 0 Å². The third kappa shape index (κ3) is 3.30. The largest absolute Gasteiger partial charge is 0.385 e. The highest BCUT2D eigenvalue weighted by atomic mass is 32.1. The number of carbonyl (C=O) groups excluding carboxylic acids is 1. The molecule has 1 atom stereocenters. The average Bonchev–Trinajstić information content (AvgIpc) is 3.22. The fourth-order valence-electron chi connectivity index (χ4n) is 2.15. The minimum absolute atomic E-state index is 0.159. The first-order valence-corrected chi connectivity index (χ1v) is 7.94. The van der Waals surface area contributed by atoms with Crippen molar-refractivity contribution in [2.75, 3.05) is 0 Å². The summed E-state index contributed by atoms with van der Waals surface area (Å²) < 4.78 is 5.18. The molecule has 0 spiro atoms. The third-order valence-electron chi connectivity index (χ3n) is 3.24. The lowest BCUT2D eigenvalue weighted by atomic mass is 10.1. The number of aromatic nitrogens is 2. The maximum absolute atomic E-state index is 12.6. The van der Waals surface area contributed by atoms with Crippen LogP contribution in [0.1, 0.15) is 34.8 Å². The number of nitrogens with one attached hydrogen (secondary N) is 1. The molecule has 0 saturated heterocycles. The maximum Gasteiger partial charge on any atom is 0.257 e. The van der Waals surface area contributed by atoms with Crippen LogP contribution in [-0.4, -0.2) is 21.2 Å². The Kier molecular flexibility index (Phi) is 4.50. The summed E-state index contributed by atoms with van der Waals surface area (Å²) in [5.41, 5.74) is 1.45. The molecule has 0 saturated carbocycles. The second kappa shape index (κ2) is 6.72. The highest BCUT2D eigenvalue weighted by Gasteiger charge is 2.26. The summed E-state index contributed by atoms with van der Waals surface area (Å²) in [7, 11) is 0. The zero-order valence-corrected chi connectivity index (χ0v) is 13.2. The van der Waals surface area contributed by atoms with Crippen LogP contribution in [0.3, 0.4) is 0 Å². The number of thiophene rings is 1. The number of pyridine rings is 1. The van der Waals surface area contributed by atoms with Crippen LogP contribution in [0, 0.1) is 0 Å². The lowest BCUT2D eigenvalue weighted by Gasteiger charge is -2.07. The molecule has 6 nitrogen and oxygen atoms in total. The van der Waals surface area contributed by atoms with E-state index in [-0.39, 0.29) is 23.8 Å². The molecule has 3 aromatic rings. The van der Waals surface area contributed by atoms with Crippen LogP contribution in [0.4, 0.5) is 0 Å². The summed E-state index contributed by atoms with van der Waals surface area (Å²) >= 11 is 1.45. The summed E-state index contributed by atoms with van der Waals surface area (Å²) in [5.74, 6) is -0.192. The average molecular weight is 329 g/mol. The maximum atomic E-state index is 12.6. The molecule has 3 aromatic heterocycles. The smallest absolute Gasteiger partial charge is 0.257 e. The van der Waals surface area contributed by atoms with Gasteiger partial charge in [0, 0.05) is 6.20 Å². The summed E-state index contributed by atoms with van der Waals surface area (Å²) in [6.07, 6.45) is 0.742. The zero-order chi connectivity index (χ0) is 16.2.